The molecule has 1 unspecified atom stereocenters. The van der Waals surface area contributed by atoms with Crippen LogP contribution in [-0.2, 0) is 28.6 Å². The van der Waals surface area contributed by atoms with Crippen LogP contribution in [0.5, 0.6) is 0 Å². The Labute approximate surface area is 402 Å². The van der Waals surface area contributed by atoms with Gasteiger partial charge in [0.15, 0.2) is 6.10 Å². The van der Waals surface area contributed by atoms with Crippen LogP contribution in [0.1, 0.15) is 265 Å². The molecule has 65 heavy (non-hydrogen) atoms. The van der Waals surface area contributed by atoms with Crippen LogP contribution in [0.25, 0.3) is 0 Å². The summed E-state index contributed by atoms with van der Waals surface area (Å²) in [6.07, 6.45) is 67.5. The van der Waals surface area contributed by atoms with Gasteiger partial charge in [-0.15, -0.1) is 0 Å². The highest BCUT2D eigenvalue weighted by Gasteiger charge is 2.19. The molecule has 0 aliphatic carbocycles. The molecular weight excluding hydrogens is 805 g/mol. The molecule has 0 aromatic rings. The van der Waals surface area contributed by atoms with Crippen LogP contribution in [0.2, 0.25) is 0 Å². The number of unbranched alkanes of at least 4 members (excludes halogenated alkanes) is 26. The SMILES string of the molecule is CC/C=C\C/C=C\C/C=C\C/C=C\CCCCCC(=O)OC(COC(=O)CCCCCCC/C=C\C/C=C\CC)COC(=O)CCCCCCCCCCCCCCCCCCCCC. The van der Waals surface area contributed by atoms with E-state index in [1.165, 1.54) is 103 Å². The van der Waals surface area contributed by atoms with Crippen LogP contribution in [0.15, 0.2) is 72.9 Å². The standard InChI is InChI=1S/C59H102O6/c1-4-7-10-13-16-19-22-25-27-29-30-31-33-34-37-40-43-46-49-52-58(61)64-55-56(54-63-57(60)51-48-45-42-39-36-24-21-18-15-12-9-6-3)65-59(62)53-50-47-44-41-38-35-32-28-26-23-20-17-14-11-8-5-2/h8-9,11-12,17-18,20-21,26,28,35,38,56H,4-7,10,13-16,19,22-25,27,29-34,36-37,39-55H2,1-3H3/b11-8-,12-9-,20-17-,21-18-,28-26-,38-35-. The number of hydrogen-bond donors (Lipinski definition) is 0. The lowest BCUT2D eigenvalue weighted by molar-refractivity contribution is -0.167. The average Bonchev–Trinajstić information content (AvgIpc) is 3.30. The van der Waals surface area contributed by atoms with Gasteiger partial charge in [0, 0.05) is 19.3 Å². The molecule has 6 nitrogen and oxygen atoms in total. The number of carbonyl (C=O) groups excluding carboxylic acids is 3. The van der Waals surface area contributed by atoms with Gasteiger partial charge < -0.3 is 14.2 Å². The van der Waals surface area contributed by atoms with E-state index in [-0.39, 0.29) is 37.5 Å². The summed E-state index contributed by atoms with van der Waals surface area (Å²) in [5.74, 6) is -0.932. The zero-order valence-corrected chi connectivity index (χ0v) is 42.7. The minimum atomic E-state index is -0.796. The fourth-order valence-corrected chi connectivity index (χ4v) is 7.65. The molecule has 0 saturated carbocycles. The normalized spacial score (nSPS) is 12.6. The number of carbonyl (C=O) groups is 3. The number of ether oxygens (including phenoxy) is 3. The Balaban J connectivity index is 4.38. The van der Waals surface area contributed by atoms with Crippen molar-refractivity contribution in [1.29, 1.82) is 0 Å². The molecule has 6 heteroatoms. The van der Waals surface area contributed by atoms with Gasteiger partial charge in [-0.25, -0.2) is 0 Å². The highest BCUT2D eigenvalue weighted by Crippen LogP contribution is 2.16. The second-order valence-electron chi connectivity index (χ2n) is 18.1. The lowest BCUT2D eigenvalue weighted by atomic mass is 10.0. The molecule has 0 N–H and O–H groups in total. The third-order valence-corrected chi connectivity index (χ3v) is 11.7. The quantitative estimate of drug-likeness (QED) is 0.0262. The molecule has 1 atom stereocenters. The van der Waals surface area contributed by atoms with Crippen LogP contribution >= 0.6 is 0 Å². The van der Waals surface area contributed by atoms with Crippen molar-refractivity contribution < 1.29 is 28.6 Å². The molecule has 0 fully saturated rings. The Kier molecular flexibility index (Phi) is 50.9. The monoisotopic (exact) mass is 907 g/mol. The summed E-state index contributed by atoms with van der Waals surface area (Å²) < 4.78 is 16.8. The Morgan fingerprint density at radius 1 is 0.323 bits per heavy atom. The molecule has 0 spiro atoms. The third kappa shape index (κ3) is 51.7. The predicted octanol–water partition coefficient (Wildman–Crippen LogP) is 18.2. The second-order valence-corrected chi connectivity index (χ2v) is 18.1. The summed E-state index contributed by atoms with van der Waals surface area (Å²) in [6, 6.07) is 0. The van der Waals surface area contributed by atoms with Gasteiger partial charge in [-0.2, -0.15) is 0 Å². The molecule has 0 rings (SSSR count). The Morgan fingerprint density at radius 3 is 0.954 bits per heavy atom. The molecule has 0 heterocycles. The van der Waals surface area contributed by atoms with E-state index >= 15 is 0 Å². The van der Waals surface area contributed by atoms with Gasteiger partial charge in [0.05, 0.1) is 0 Å². The van der Waals surface area contributed by atoms with E-state index in [2.05, 4.69) is 93.7 Å². The highest BCUT2D eigenvalue weighted by molar-refractivity contribution is 5.71. The molecular formula is C59H102O6. The van der Waals surface area contributed by atoms with Crippen molar-refractivity contribution in [2.75, 3.05) is 13.2 Å². The maximum Gasteiger partial charge on any atom is 0.306 e. The van der Waals surface area contributed by atoms with Crippen molar-refractivity contribution in [3.05, 3.63) is 72.9 Å². The average molecular weight is 907 g/mol. The molecule has 0 aromatic heterocycles. The number of esters is 3. The summed E-state index contributed by atoms with van der Waals surface area (Å²) >= 11 is 0. The zero-order chi connectivity index (χ0) is 47.2. The largest absolute Gasteiger partial charge is 0.462 e. The summed E-state index contributed by atoms with van der Waals surface area (Å²) in [5, 5.41) is 0. The third-order valence-electron chi connectivity index (χ3n) is 11.7. The number of rotatable bonds is 49. The summed E-state index contributed by atoms with van der Waals surface area (Å²) in [6.45, 7) is 6.39. The van der Waals surface area contributed by atoms with Crippen LogP contribution in [0.3, 0.4) is 0 Å². The van der Waals surface area contributed by atoms with Gasteiger partial charge in [0.1, 0.15) is 13.2 Å². The lowest BCUT2D eigenvalue weighted by Gasteiger charge is -2.18. The number of hydrogen-bond acceptors (Lipinski definition) is 6. The van der Waals surface area contributed by atoms with Crippen molar-refractivity contribution in [2.45, 2.75) is 271 Å². The van der Waals surface area contributed by atoms with Crippen molar-refractivity contribution in [1.82, 2.24) is 0 Å². The molecule has 0 aromatic carbocycles. The molecule has 0 amide bonds. The molecule has 0 radical (unpaired) electrons. The topological polar surface area (TPSA) is 78.9 Å². The van der Waals surface area contributed by atoms with Gasteiger partial charge in [0.25, 0.3) is 0 Å². The summed E-state index contributed by atoms with van der Waals surface area (Å²) in [7, 11) is 0. The van der Waals surface area contributed by atoms with Crippen molar-refractivity contribution in [3.8, 4) is 0 Å². The predicted molar refractivity (Wildman–Crippen MR) is 279 cm³/mol. The first-order valence-electron chi connectivity index (χ1n) is 27.4. The van der Waals surface area contributed by atoms with E-state index in [0.29, 0.717) is 12.8 Å². The van der Waals surface area contributed by atoms with Gasteiger partial charge in [-0.05, 0) is 83.5 Å². The first-order valence-corrected chi connectivity index (χ1v) is 27.4. The second kappa shape index (κ2) is 53.5. The van der Waals surface area contributed by atoms with Gasteiger partial charge in [0.2, 0.25) is 0 Å². The van der Waals surface area contributed by atoms with Gasteiger partial charge >= 0.3 is 17.9 Å². The van der Waals surface area contributed by atoms with E-state index < -0.39 is 6.10 Å². The molecule has 0 saturated heterocycles. The minimum absolute atomic E-state index is 0.0911. The Bertz CT molecular complexity index is 1230. The zero-order valence-electron chi connectivity index (χ0n) is 42.7. The summed E-state index contributed by atoms with van der Waals surface area (Å²) in [4.78, 5) is 38.0. The Morgan fingerprint density at radius 2 is 0.600 bits per heavy atom. The lowest BCUT2D eigenvalue weighted by Crippen LogP contribution is -2.30. The van der Waals surface area contributed by atoms with Crippen LogP contribution < -0.4 is 0 Å². The Hall–Kier alpha value is -3.15. The smallest absolute Gasteiger partial charge is 0.306 e. The summed E-state index contributed by atoms with van der Waals surface area (Å²) in [5.41, 5.74) is 0. The van der Waals surface area contributed by atoms with Crippen LogP contribution in [-0.4, -0.2) is 37.2 Å². The van der Waals surface area contributed by atoms with E-state index in [1.54, 1.807) is 0 Å². The number of allylic oxidation sites excluding steroid dienone is 12. The van der Waals surface area contributed by atoms with Crippen molar-refractivity contribution in [2.24, 2.45) is 0 Å². The van der Waals surface area contributed by atoms with E-state index in [1.807, 2.05) is 0 Å². The maximum atomic E-state index is 12.8. The van der Waals surface area contributed by atoms with Crippen LogP contribution in [0.4, 0.5) is 0 Å². The van der Waals surface area contributed by atoms with Crippen molar-refractivity contribution in [3.63, 3.8) is 0 Å². The van der Waals surface area contributed by atoms with E-state index in [0.717, 1.165) is 122 Å². The molecule has 0 aliphatic heterocycles. The van der Waals surface area contributed by atoms with Gasteiger partial charge in [-0.1, -0.05) is 235 Å². The van der Waals surface area contributed by atoms with E-state index in [4.69, 9.17) is 14.2 Å². The highest BCUT2D eigenvalue weighted by atomic mass is 16.6. The maximum absolute atomic E-state index is 12.8. The minimum Gasteiger partial charge on any atom is -0.462 e. The first kappa shape index (κ1) is 61.9. The van der Waals surface area contributed by atoms with Crippen molar-refractivity contribution >= 4 is 17.9 Å². The molecule has 374 valence electrons. The van der Waals surface area contributed by atoms with Gasteiger partial charge in [-0.3, -0.25) is 14.4 Å². The fraction of sp³-hybridized carbons (Fsp3) is 0.746. The fourth-order valence-electron chi connectivity index (χ4n) is 7.65. The molecule has 0 aliphatic rings. The van der Waals surface area contributed by atoms with E-state index in [9.17, 15) is 14.4 Å². The first-order chi connectivity index (χ1) is 32.0. The van der Waals surface area contributed by atoms with Crippen LogP contribution in [0, 0.1) is 0 Å². The molecule has 0 bridgehead atoms.